The average Bonchev–Trinajstić information content (AvgIpc) is 3.83. The SMILES string of the molecule is C1=CCC(Cc2nc(-c3ccccc3)nc(-c3cc(-c4ccccc4)c(-n4c5ccccc5c5c6oc7ccccc7c6ccc54)c(-c4ccccc4)c3)n2)C=C1. The van der Waals surface area contributed by atoms with Crippen LogP contribution >= 0.6 is 0 Å². The molecule has 0 radical (unpaired) electrons. The Morgan fingerprint density at radius 3 is 1.82 bits per heavy atom. The summed E-state index contributed by atoms with van der Waals surface area (Å²) in [6.45, 7) is 0. The third-order valence-corrected chi connectivity index (χ3v) is 11.2. The maximum atomic E-state index is 6.70. The molecule has 0 aliphatic heterocycles. The molecular formula is C52H36N4O. The predicted molar refractivity (Wildman–Crippen MR) is 233 cm³/mol. The van der Waals surface area contributed by atoms with Crippen molar-refractivity contribution in [2.24, 2.45) is 5.92 Å². The summed E-state index contributed by atoms with van der Waals surface area (Å²) in [6.07, 6.45) is 10.4. The van der Waals surface area contributed by atoms with Gasteiger partial charge in [-0.05, 0) is 59.9 Å². The minimum absolute atomic E-state index is 0.324. The van der Waals surface area contributed by atoms with Crippen LogP contribution in [0.5, 0.6) is 0 Å². The highest BCUT2D eigenvalue weighted by Gasteiger charge is 2.25. The lowest BCUT2D eigenvalue weighted by molar-refractivity contribution is 0.626. The molecule has 1 aliphatic rings. The van der Waals surface area contributed by atoms with Gasteiger partial charge < -0.3 is 8.98 Å². The Morgan fingerprint density at radius 2 is 1.14 bits per heavy atom. The van der Waals surface area contributed by atoms with E-state index in [0.717, 1.165) is 101 Å². The first-order valence-corrected chi connectivity index (χ1v) is 19.5. The summed E-state index contributed by atoms with van der Waals surface area (Å²) in [7, 11) is 0. The van der Waals surface area contributed by atoms with Crippen molar-refractivity contribution >= 4 is 43.7 Å². The number of fused-ring (bicyclic) bond motifs is 7. The van der Waals surface area contributed by atoms with Gasteiger partial charge in [-0.25, -0.2) is 15.0 Å². The van der Waals surface area contributed by atoms with Gasteiger partial charge in [0.25, 0.3) is 0 Å². The monoisotopic (exact) mass is 732 g/mol. The van der Waals surface area contributed by atoms with E-state index < -0.39 is 0 Å². The van der Waals surface area contributed by atoms with Crippen LogP contribution in [0.25, 0.3) is 94.5 Å². The Kier molecular flexibility index (Phi) is 7.95. The van der Waals surface area contributed by atoms with Crippen molar-refractivity contribution in [3.8, 4) is 50.7 Å². The van der Waals surface area contributed by atoms with E-state index in [1.165, 1.54) is 0 Å². The number of aromatic nitrogens is 4. The molecule has 10 aromatic rings. The smallest absolute Gasteiger partial charge is 0.163 e. The van der Waals surface area contributed by atoms with Crippen LogP contribution in [0.1, 0.15) is 12.2 Å². The Balaban J connectivity index is 1.23. The van der Waals surface area contributed by atoms with Gasteiger partial charge in [-0.3, -0.25) is 0 Å². The van der Waals surface area contributed by atoms with Crippen molar-refractivity contribution in [1.82, 2.24) is 19.5 Å². The second-order valence-electron chi connectivity index (χ2n) is 14.7. The molecule has 0 N–H and O–H groups in total. The van der Waals surface area contributed by atoms with E-state index in [9.17, 15) is 0 Å². The lowest BCUT2D eigenvalue weighted by Crippen LogP contribution is -2.09. The third-order valence-electron chi connectivity index (χ3n) is 11.2. The van der Waals surface area contributed by atoms with E-state index in [4.69, 9.17) is 19.4 Å². The first-order valence-electron chi connectivity index (χ1n) is 19.5. The van der Waals surface area contributed by atoms with Gasteiger partial charge in [-0.2, -0.15) is 0 Å². The van der Waals surface area contributed by atoms with Crippen LogP contribution in [0.4, 0.5) is 0 Å². The molecule has 1 aliphatic carbocycles. The van der Waals surface area contributed by atoms with Gasteiger partial charge in [0.15, 0.2) is 11.6 Å². The van der Waals surface area contributed by atoms with E-state index in [1.807, 2.05) is 24.3 Å². The van der Waals surface area contributed by atoms with Crippen LogP contribution in [-0.4, -0.2) is 19.5 Å². The molecular weight excluding hydrogens is 697 g/mol. The minimum atomic E-state index is 0.324. The molecule has 0 fully saturated rings. The molecule has 11 rings (SSSR count). The van der Waals surface area contributed by atoms with E-state index in [2.05, 4.69) is 168 Å². The topological polar surface area (TPSA) is 56.7 Å². The van der Waals surface area contributed by atoms with Gasteiger partial charge in [0.05, 0.1) is 22.1 Å². The summed E-state index contributed by atoms with van der Waals surface area (Å²) >= 11 is 0. The van der Waals surface area contributed by atoms with Crippen molar-refractivity contribution < 1.29 is 4.42 Å². The molecule has 0 amide bonds. The molecule has 57 heavy (non-hydrogen) atoms. The van der Waals surface area contributed by atoms with Crippen LogP contribution in [0.3, 0.4) is 0 Å². The zero-order valence-corrected chi connectivity index (χ0v) is 31.1. The van der Waals surface area contributed by atoms with Crippen molar-refractivity contribution in [2.75, 3.05) is 0 Å². The Bertz CT molecular complexity index is 3120. The number of furan rings is 1. The summed E-state index contributed by atoms with van der Waals surface area (Å²) in [5.41, 5.74) is 11.3. The van der Waals surface area contributed by atoms with E-state index in [-0.39, 0.29) is 0 Å². The number of rotatable bonds is 7. The first kappa shape index (κ1) is 33.0. The largest absolute Gasteiger partial charge is 0.455 e. The number of hydrogen-bond donors (Lipinski definition) is 0. The highest BCUT2D eigenvalue weighted by atomic mass is 16.3. The quantitative estimate of drug-likeness (QED) is 0.164. The summed E-state index contributed by atoms with van der Waals surface area (Å²) in [6, 6.07) is 57.6. The summed E-state index contributed by atoms with van der Waals surface area (Å²) in [4.78, 5) is 15.5. The van der Waals surface area contributed by atoms with E-state index >= 15 is 0 Å². The summed E-state index contributed by atoms with van der Waals surface area (Å²) in [5, 5.41) is 4.47. The predicted octanol–water partition coefficient (Wildman–Crippen LogP) is 13.2. The van der Waals surface area contributed by atoms with Gasteiger partial charge in [0.1, 0.15) is 17.0 Å². The van der Waals surface area contributed by atoms with Gasteiger partial charge in [-0.1, -0.05) is 152 Å². The van der Waals surface area contributed by atoms with Gasteiger partial charge >= 0.3 is 0 Å². The van der Waals surface area contributed by atoms with Crippen molar-refractivity contribution in [3.63, 3.8) is 0 Å². The molecule has 1 atom stereocenters. The van der Waals surface area contributed by atoms with Crippen molar-refractivity contribution in [1.29, 1.82) is 0 Å². The van der Waals surface area contributed by atoms with Crippen LogP contribution in [0, 0.1) is 5.92 Å². The summed E-state index contributed by atoms with van der Waals surface area (Å²) < 4.78 is 9.13. The van der Waals surface area contributed by atoms with Gasteiger partial charge in [0.2, 0.25) is 0 Å². The number of hydrogen-bond acceptors (Lipinski definition) is 4. The lowest BCUT2D eigenvalue weighted by atomic mass is 9.92. The van der Waals surface area contributed by atoms with Crippen LogP contribution in [-0.2, 0) is 6.42 Å². The molecule has 0 saturated carbocycles. The van der Waals surface area contributed by atoms with Crippen LogP contribution < -0.4 is 0 Å². The van der Waals surface area contributed by atoms with E-state index in [1.54, 1.807) is 0 Å². The fraction of sp³-hybridized carbons (Fsp3) is 0.0577. The fourth-order valence-corrected chi connectivity index (χ4v) is 8.53. The minimum Gasteiger partial charge on any atom is -0.455 e. The Morgan fingerprint density at radius 1 is 0.526 bits per heavy atom. The fourth-order valence-electron chi connectivity index (χ4n) is 8.53. The molecule has 7 aromatic carbocycles. The Hall–Kier alpha value is -7.37. The van der Waals surface area contributed by atoms with Gasteiger partial charge in [0, 0.05) is 44.8 Å². The molecule has 5 nitrogen and oxygen atoms in total. The van der Waals surface area contributed by atoms with Crippen molar-refractivity contribution in [2.45, 2.75) is 12.8 Å². The summed E-state index contributed by atoms with van der Waals surface area (Å²) in [5.74, 6) is 2.44. The zero-order chi connectivity index (χ0) is 37.7. The second-order valence-corrected chi connectivity index (χ2v) is 14.7. The number of para-hydroxylation sites is 2. The second kappa shape index (κ2) is 13.7. The molecule has 0 bridgehead atoms. The normalized spacial score (nSPS) is 14.0. The maximum Gasteiger partial charge on any atom is 0.163 e. The molecule has 0 spiro atoms. The molecule has 0 saturated heterocycles. The zero-order valence-electron chi connectivity index (χ0n) is 31.1. The molecule has 3 aromatic heterocycles. The molecule has 1 unspecified atom stereocenters. The molecule has 3 heterocycles. The number of allylic oxidation sites excluding steroid dienone is 4. The number of nitrogens with zero attached hydrogens (tertiary/aromatic N) is 4. The third kappa shape index (κ3) is 5.75. The molecule has 5 heteroatoms. The maximum absolute atomic E-state index is 6.70. The first-order chi connectivity index (χ1) is 28.3. The Labute approximate surface area is 329 Å². The lowest BCUT2D eigenvalue weighted by Gasteiger charge is -2.21. The molecule has 270 valence electrons. The van der Waals surface area contributed by atoms with Crippen LogP contribution in [0.15, 0.2) is 193 Å². The highest BCUT2D eigenvalue weighted by Crippen LogP contribution is 2.46. The van der Waals surface area contributed by atoms with Gasteiger partial charge in [-0.15, -0.1) is 0 Å². The van der Waals surface area contributed by atoms with Crippen LogP contribution in [0.2, 0.25) is 0 Å². The average molecular weight is 733 g/mol. The highest BCUT2D eigenvalue weighted by molar-refractivity contribution is 6.24. The van der Waals surface area contributed by atoms with Crippen molar-refractivity contribution in [3.05, 3.63) is 194 Å². The standard InChI is InChI=1S/C52H36N4O/c1-5-17-34(18-6-1)31-47-53-51(37-23-11-4-12-24-37)55-52(54-47)38-32-42(35-19-7-2-8-20-35)49(43(33-38)36-21-9-3-10-22-36)56-44-27-15-13-26-41(44)48-45(56)30-29-40-39-25-14-16-28-46(39)57-50(40)48/h1-17,19-30,32-34H,18,31H2. The number of benzene rings is 7. The van der Waals surface area contributed by atoms with E-state index in [0.29, 0.717) is 17.6 Å².